The van der Waals surface area contributed by atoms with E-state index in [1.165, 1.54) is 12.1 Å². The van der Waals surface area contributed by atoms with Crippen LogP contribution in [0.25, 0.3) is 0 Å². The molecular formula is C19H26N2O4S. The molecule has 7 heteroatoms. The van der Waals surface area contributed by atoms with Crippen molar-refractivity contribution < 1.29 is 17.9 Å². The zero-order chi connectivity index (χ0) is 19.0. The second kappa shape index (κ2) is 9.45. The van der Waals surface area contributed by atoms with Crippen molar-refractivity contribution >= 4 is 15.7 Å². The number of anilines is 1. The van der Waals surface area contributed by atoms with E-state index in [0.29, 0.717) is 23.8 Å². The lowest BCUT2D eigenvalue weighted by Gasteiger charge is -2.13. The monoisotopic (exact) mass is 378 g/mol. The number of hydrogen-bond donors (Lipinski definition) is 2. The molecule has 0 aliphatic carbocycles. The first-order chi connectivity index (χ1) is 12.5. The van der Waals surface area contributed by atoms with Gasteiger partial charge in [0.15, 0.2) is 11.5 Å². The fraction of sp³-hybridized carbons (Fsp3) is 0.368. The van der Waals surface area contributed by atoms with Gasteiger partial charge in [-0.15, -0.1) is 0 Å². The molecule has 2 rings (SSSR count). The van der Waals surface area contributed by atoms with Crippen LogP contribution in [0, 0.1) is 0 Å². The quantitative estimate of drug-likeness (QED) is 0.489. The van der Waals surface area contributed by atoms with E-state index in [-0.39, 0.29) is 11.4 Å². The number of nitrogens with one attached hydrogen (secondary N) is 1. The van der Waals surface area contributed by atoms with Gasteiger partial charge in [0.1, 0.15) is 0 Å². The Hall–Kier alpha value is -2.25. The SMILES string of the molecule is CCCCCOc1ccc(CNS(=O)(=O)c2ccc(N)cc2)cc1OC. The van der Waals surface area contributed by atoms with Crippen LogP contribution in [0.1, 0.15) is 31.7 Å². The first-order valence-electron chi connectivity index (χ1n) is 8.61. The molecule has 2 aromatic rings. The third-order valence-electron chi connectivity index (χ3n) is 3.89. The van der Waals surface area contributed by atoms with E-state index in [4.69, 9.17) is 15.2 Å². The molecule has 0 heterocycles. The average Bonchev–Trinajstić information content (AvgIpc) is 2.64. The van der Waals surface area contributed by atoms with Crippen molar-refractivity contribution in [1.29, 1.82) is 0 Å². The molecule has 0 unspecified atom stereocenters. The predicted molar refractivity (Wildman–Crippen MR) is 103 cm³/mol. The molecule has 2 aromatic carbocycles. The molecule has 26 heavy (non-hydrogen) atoms. The minimum Gasteiger partial charge on any atom is -0.493 e. The Balaban J connectivity index is 2.01. The summed E-state index contributed by atoms with van der Waals surface area (Å²) in [6, 6.07) is 11.5. The molecule has 0 bridgehead atoms. The maximum atomic E-state index is 12.3. The zero-order valence-electron chi connectivity index (χ0n) is 15.2. The third-order valence-corrected chi connectivity index (χ3v) is 5.31. The highest BCUT2D eigenvalue weighted by molar-refractivity contribution is 7.89. The summed E-state index contributed by atoms with van der Waals surface area (Å²) in [5.74, 6) is 1.25. The van der Waals surface area contributed by atoms with Crippen LogP contribution in [0.3, 0.4) is 0 Å². The number of sulfonamides is 1. The van der Waals surface area contributed by atoms with Gasteiger partial charge >= 0.3 is 0 Å². The van der Waals surface area contributed by atoms with Crippen molar-refractivity contribution in [3.05, 3.63) is 48.0 Å². The van der Waals surface area contributed by atoms with Crippen LogP contribution in [0.5, 0.6) is 11.5 Å². The fourth-order valence-corrected chi connectivity index (χ4v) is 3.40. The number of benzene rings is 2. The topological polar surface area (TPSA) is 90.7 Å². The Morgan fingerprint density at radius 3 is 2.42 bits per heavy atom. The van der Waals surface area contributed by atoms with E-state index in [9.17, 15) is 8.42 Å². The second-order valence-corrected chi connectivity index (χ2v) is 7.70. The zero-order valence-corrected chi connectivity index (χ0v) is 16.0. The van der Waals surface area contributed by atoms with Gasteiger partial charge in [-0.25, -0.2) is 13.1 Å². The molecule has 0 fully saturated rings. The molecular weight excluding hydrogens is 352 g/mol. The summed E-state index contributed by atoms with van der Waals surface area (Å²) in [4.78, 5) is 0.176. The molecule has 0 saturated carbocycles. The Morgan fingerprint density at radius 2 is 1.77 bits per heavy atom. The van der Waals surface area contributed by atoms with Crippen molar-refractivity contribution in [2.24, 2.45) is 0 Å². The molecule has 142 valence electrons. The molecule has 0 spiro atoms. The van der Waals surface area contributed by atoms with Crippen LogP contribution in [-0.4, -0.2) is 22.1 Å². The summed E-state index contributed by atoms with van der Waals surface area (Å²) in [7, 11) is -2.04. The maximum absolute atomic E-state index is 12.3. The highest BCUT2D eigenvalue weighted by Gasteiger charge is 2.14. The maximum Gasteiger partial charge on any atom is 0.240 e. The van der Waals surface area contributed by atoms with Crippen molar-refractivity contribution in [3.8, 4) is 11.5 Å². The third kappa shape index (κ3) is 5.64. The van der Waals surface area contributed by atoms with Gasteiger partial charge in [-0.3, -0.25) is 0 Å². The van der Waals surface area contributed by atoms with E-state index in [0.717, 1.165) is 24.8 Å². The Labute approximate surface area is 155 Å². The normalized spacial score (nSPS) is 11.3. The fourth-order valence-electron chi connectivity index (χ4n) is 2.38. The van der Waals surface area contributed by atoms with Crippen molar-refractivity contribution in [3.63, 3.8) is 0 Å². The van der Waals surface area contributed by atoms with E-state index < -0.39 is 10.0 Å². The molecule has 0 atom stereocenters. The van der Waals surface area contributed by atoms with Crippen LogP contribution in [-0.2, 0) is 16.6 Å². The minimum absolute atomic E-state index is 0.152. The number of methoxy groups -OCH3 is 1. The molecule has 0 amide bonds. The van der Waals surface area contributed by atoms with Gasteiger partial charge in [0.2, 0.25) is 10.0 Å². The number of nitrogen functional groups attached to an aromatic ring is 1. The van der Waals surface area contributed by atoms with E-state index in [2.05, 4.69) is 11.6 Å². The Bertz CT molecular complexity index is 805. The first-order valence-corrected chi connectivity index (χ1v) is 10.1. The standard InChI is InChI=1S/C19H26N2O4S/c1-3-4-5-12-25-18-11-6-15(13-19(18)24-2)14-21-26(22,23)17-9-7-16(20)8-10-17/h6-11,13,21H,3-5,12,14,20H2,1-2H3. The highest BCUT2D eigenvalue weighted by Crippen LogP contribution is 2.28. The molecule has 0 aliphatic heterocycles. The van der Waals surface area contributed by atoms with Gasteiger partial charge in [-0.05, 0) is 48.4 Å². The minimum atomic E-state index is -3.60. The van der Waals surface area contributed by atoms with Gasteiger partial charge in [-0.1, -0.05) is 25.8 Å². The number of unbranched alkanes of at least 4 members (excludes halogenated alkanes) is 2. The number of nitrogens with two attached hydrogens (primary N) is 1. The number of hydrogen-bond acceptors (Lipinski definition) is 5. The summed E-state index contributed by atoms with van der Waals surface area (Å²) in [6.07, 6.45) is 3.24. The predicted octanol–water partition coefficient (Wildman–Crippen LogP) is 3.32. The van der Waals surface area contributed by atoms with Crippen LogP contribution in [0.2, 0.25) is 0 Å². The van der Waals surface area contributed by atoms with Crippen LogP contribution >= 0.6 is 0 Å². The van der Waals surface area contributed by atoms with Crippen molar-refractivity contribution in [2.75, 3.05) is 19.5 Å². The smallest absolute Gasteiger partial charge is 0.240 e. The van der Waals surface area contributed by atoms with Gasteiger partial charge in [0.05, 0.1) is 18.6 Å². The summed E-state index contributed by atoms with van der Waals surface area (Å²) < 4.78 is 38.3. The summed E-state index contributed by atoms with van der Waals surface area (Å²) >= 11 is 0. The van der Waals surface area contributed by atoms with Gasteiger partial charge < -0.3 is 15.2 Å². The molecule has 0 aliphatic rings. The van der Waals surface area contributed by atoms with Crippen LogP contribution in [0.15, 0.2) is 47.4 Å². The van der Waals surface area contributed by atoms with Crippen molar-refractivity contribution in [1.82, 2.24) is 4.72 Å². The number of rotatable bonds is 10. The van der Waals surface area contributed by atoms with E-state index in [1.807, 2.05) is 6.07 Å². The Kier molecular flexibility index (Phi) is 7.29. The Morgan fingerprint density at radius 1 is 1.04 bits per heavy atom. The summed E-state index contributed by atoms with van der Waals surface area (Å²) in [5.41, 5.74) is 6.89. The highest BCUT2D eigenvalue weighted by atomic mass is 32.2. The molecule has 3 N–H and O–H groups in total. The molecule has 0 radical (unpaired) electrons. The van der Waals surface area contributed by atoms with Gasteiger partial charge in [-0.2, -0.15) is 0 Å². The average molecular weight is 378 g/mol. The molecule has 6 nitrogen and oxygen atoms in total. The lowest BCUT2D eigenvalue weighted by atomic mass is 10.2. The molecule has 0 saturated heterocycles. The summed E-state index contributed by atoms with van der Waals surface area (Å²) in [6.45, 7) is 2.92. The van der Waals surface area contributed by atoms with Crippen molar-refractivity contribution in [2.45, 2.75) is 37.6 Å². The summed E-state index contributed by atoms with van der Waals surface area (Å²) in [5, 5.41) is 0. The first kappa shape index (κ1) is 20.1. The molecule has 0 aromatic heterocycles. The lowest BCUT2D eigenvalue weighted by molar-refractivity contribution is 0.286. The van der Waals surface area contributed by atoms with Crippen LogP contribution < -0.4 is 19.9 Å². The van der Waals surface area contributed by atoms with Gasteiger partial charge in [0, 0.05) is 12.2 Å². The van der Waals surface area contributed by atoms with Gasteiger partial charge in [0.25, 0.3) is 0 Å². The van der Waals surface area contributed by atoms with E-state index in [1.54, 1.807) is 31.4 Å². The lowest BCUT2D eigenvalue weighted by Crippen LogP contribution is -2.23. The van der Waals surface area contributed by atoms with E-state index >= 15 is 0 Å². The van der Waals surface area contributed by atoms with Crippen LogP contribution in [0.4, 0.5) is 5.69 Å². The largest absolute Gasteiger partial charge is 0.493 e. The number of ether oxygens (including phenoxy) is 2. The second-order valence-electron chi connectivity index (χ2n) is 5.93.